The summed E-state index contributed by atoms with van der Waals surface area (Å²) in [5, 5.41) is 11.1. The fourth-order valence-electron chi connectivity index (χ4n) is 5.61. The molecule has 1 aliphatic heterocycles. The van der Waals surface area contributed by atoms with E-state index >= 15 is 0 Å². The summed E-state index contributed by atoms with van der Waals surface area (Å²) in [5.41, 5.74) is 2.35. The zero-order chi connectivity index (χ0) is 18.0. The van der Waals surface area contributed by atoms with Gasteiger partial charge in [0.1, 0.15) is 6.04 Å². The first-order valence-electron chi connectivity index (χ1n) is 8.93. The van der Waals surface area contributed by atoms with Gasteiger partial charge in [-0.15, -0.1) is 0 Å². The van der Waals surface area contributed by atoms with Gasteiger partial charge in [-0.2, -0.15) is 0 Å². The summed E-state index contributed by atoms with van der Waals surface area (Å²) < 4.78 is 0.992. The molecule has 2 heterocycles. The molecule has 1 aromatic carbocycles. The van der Waals surface area contributed by atoms with E-state index in [-0.39, 0.29) is 10.8 Å². The van der Waals surface area contributed by atoms with Crippen LogP contribution in [0.15, 0.2) is 28.9 Å². The van der Waals surface area contributed by atoms with Crippen LogP contribution in [-0.4, -0.2) is 33.5 Å². The molecular weight excluding hydrogens is 380 g/mol. The van der Waals surface area contributed by atoms with Crippen LogP contribution in [-0.2, 0) is 4.79 Å². The zero-order valence-electron chi connectivity index (χ0n) is 15.0. The lowest BCUT2D eigenvalue weighted by Gasteiger charge is -2.40. The van der Waals surface area contributed by atoms with Crippen LogP contribution >= 0.6 is 15.9 Å². The number of aliphatic carboxylic acids is 1. The molecule has 25 heavy (non-hydrogen) atoms. The Morgan fingerprint density at radius 1 is 1.36 bits per heavy atom. The van der Waals surface area contributed by atoms with Gasteiger partial charge in [0.2, 0.25) is 0 Å². The minimum absolute atomic E-state index is 0.218. The summed E-state index contributed by atoms with van der Waals surface area (Å²) in [4.78, 5) is 17.8. The number of aromatic amines is 1. The number of fused-ring (bicyclic) bond motifs is 3. The predicted molar refractivity (Wildman–Crippen MR) is 103 cm³/mol. The third-order valence-corrected chi connectivity index (χ3v) is 6.48. The standard InChI is InChI=1S/C20H25BrN2O2/c1-19(2)7-13-8-20(3,10-19)11-23(13)17(18(24)25)15-9-22-16-6-12(21)4-5-14(15)16/h4-6,9,13,17,22H,7-8,10-11H2,1-3H3,(H,24,25)/t13-,17+,20+/m0/s1. The van der Waals surface area contributed by atoms with E-state index in [1.807, 2.05) is 24.4 Å². The van der Waals surface area contributed by atoms with Gasteiger partial charge in [0, 0.05) is 39.7 Å². The molecule has 2 aromatic rings. The van der Waals surface area contributed by atoms with Crippen LogP contribution in [0.1, 0.15) is 51.6 Å². The number of hydrogen-bond donors (Lipinski definition) is 2. The number of likely N-dealkylation sites (tertiary alicyclic amines) is 1. The molecule has 2 N–H and O–H groups in total. The van der Waals surface area contributed by atoms with Gasteiger partial charge in [-0.1, -0.05) is 42.8 Å². The van der Waals surface area contributed by atoms with E-state index in [4.69, 9.17) is 0 Å². The molecule has 0 amide bonds. The number of nitrogens with zero attached hydrogens (tertiary/aromatic N) is 1. The normalized spacial score (nSPS) is 29.8. The Labute approximate surface area is 156 Å². The highest BCUT2D eigenvalue weighted by molar-refractivity contribution is 9.10. The van der Waals surface area contributed by atoms with Gasteiger partial charge >= 0.3 is 5.97 Å². The first kappa shape index (κ1) is 17.1. The van der Waals surface area contributed by atoms with Gasteiger partial charge in [-0.25, -0.2) is 0 Å². The molecule has 2 bridgehead atoms. The number of hydrogen-bond acceptors (Lipinski definition) is 2. The van der Waals surface area contributed by atoms with Crippen LogP contribution in [0, 0.1) is 10.8 Å². The van der Waals surface area contributed by atoms with Crippen molar-refractivity contribution in [2.75, 3.05) is 6.54 Å². The van der Waals surface area contributed by atoms with E-state index in [2.05, 4.69) is 46.6 Å². The second-order valence-electron chi connectivity index (χ2n) is 9.06. The van der Waals surface area contributed by atoms with Crippen molar-refractivity contribution in [1.29, 1.82) is 0 Å². The van der Waals surface area contributed by atoms with Gasteiger partial charge in [0.25, 0.3) is 0 Å². The van der Waals surface area contributed by atoms with Gasteiger partial charge < -0.3 is 10.1 Å². The Morgan fingerprint density at radius 2 is 2.12 bits per heavy atom. The van der Waals surface area contributed by atoms with E-state index in [1.54, 1.807) is 0 Å². The molecule has 5 heteroatoms. The highest BCUT2D eigenvalue weighted by Gasteiger charge is 2.52. The highest BCUT2D eigenvalue weighted by atomic mass is 79.9. The molecule has 2 aliphatic rings. The van der Waals surface area contributed by atoms with Crippen molar-refractivity contribution in [3.63, 3.8) is 0 Å². The van der Waals surface area contributed by atoms with Crippen molar-refractivity contribution in [1.82, 2.24) is 9.88 Å². The Morgan fingerprint density at radius 3 is 2.84 bits per heavy atom. The van der Waals surface area contributed by atoms with E-state index in [9.17, 15) is 9.90 Å². The lowest BCUT2D eigenvalue weighted by molar-refractivity contribution is -0.144. The van der Waals surface area contributed by atoms with Crippen LogP contribution < -0.4 is 0 Å². The topological polar surface area (TPSA) is 56.3 Å². The van der Waals surface area contributed by atoms with Crippen molar-refractivity contribution >= 4 is 32.8 Å². The predicted octanol–water partition coefficient (Wildman–Crippen LogP) is 4.96. The second-order valence-corrected chi connectivity index (χ2v) is 9.98. The molecule has 1 aliphatic carbocycles. The maximum atomic E-state index is 12.3. The smallest absolute Gasteiger partial charge is 0.325 e. The number of H-pyrrole nitrogens is 1. The molecule has 0 radical (unpaired) electrons. The molecule has 1 aromatic heterocycles. The molecule has 4 rings (SSSR count). The summed E-state index contributed by atoms with van der Waals surface area (Å²) in [7, 11) is 0. The molecular formula is C20H25BrN2O2. The van der Waals surface area contributed by atoms with E-state index in [0.717, 1.165) is 40.3 Å². The largest absolute Gasteiger partial charge is 0.480 e. The first-order valence-corrected chi connectivity index (χ1v) is 9.72. The lowest BCUT2D eigenvalue weighted by Crippen LogP contribution is -2.39. The molecule has 1 saturated carbocycles. The van der Waals surface area contributed by atoms with Crippen LogP contribution in [0.25, 0.3) is 10.9 Å². The average molecular weight is 405 g/mol. The monoisotopic (exact) mass is 404 g/mol. The van der Waals surface area contributed by atoms with Crippen LogP contribution in [0.5, 0.6) is 0 Å². The summed E-state index contributed by atoms with van der Waals surface area (Å²) in [5.74, 6) is -0.752. The number of rotatable bonds is 3. The summed E-state index contributed by atoms with van der Waals surface area (Å²) >= 11 is 3.48. The number of halogens is 1. The molecule has 4 nitrogen and oxygen atoms in total. The second kappa shape index (κ2) is 5.58. The van der Waals surface area contributed by atoms with Crippen LogP contribution in [0.2, 0.25) is 0 Å². The van der Waals surface area contributed by atoms with Crippen molar-refractivity contribution in [3.8, 4) is 0 Å². The van der Waals surface area contributed by atoms with Gasteiger partial charge in [-0.3, -0.25) is 9.69 Å². The van der Waals surface area contributed by atoms with Crippen LogP contribution in [0.3, 0.4) is 0 Å². The first-order chi connectivity index (χ1) is 11.7. The number of carbonyl (C=O) groups is 1. The fraction of sp³-hybridized carbons (Fsp3) is 0.550. The Balaban J connectivity index is 1.76. The minimum Gasteiger partial charge on any atom is -0.480 e. The van der Waals surface area contributed by atoms with Crippen molar-refractivity contribution in [2.45, 2.75) is 52.1 Å². The van der Waals surface area contributed by atoms with Crippen molar-refractivity contribution < 1.29 is 9.90 Å². The molecule has 2 fully saturated rings. The average Bonchev–Trinajstić information content (AvgIpc) is 2.97. The maximum absolute atomic E-state index is 12.3. The van der Waals surface area contributed by atoms with E-state index in [0.29, 0.717) is 6.04 Å². The number of carboxylic acid groups (broad SMARTS) is 1. The molecule has 134 valence electrons. The Kier molecular flexibility index (Phi) is 3.82. The van der Waals surface area contributed by atoms with Gasteiger partial charge in [0.15, 0.2) is 0 Å². The number of carboxylic acids is 1. The third kappa shape index (κ3) is 2.91. The summed E-state index contributed by atoms with van der Waals surface area (Å²) in [6, 6.07) is 5.75. The quantitative estimate of drug-likeness (QED) is 0.759. The third-order valence-electron chi connectivity index (χ3n) is 5.99. The molecule has 1 saturated heterocycles. The number of nitrogens with one attached hydrogen (secondary N) is 1. The molecule has 0 unspecified atom stereocenters. The van der Waals surface area contributed by atoms with Crippen LogP contribution in [0.4, 0.5) is 0 Å². The molecule has 0 spiro atoms. The number of benzene rings is 1. The van der Waals surface area contributed by atoms with E-state index in [1.165, 1.54) is 6.42 Å². The number of aromatic nitrogens is 1. The zero-order valence-corrected chi connectivity index (χ0v) is 16.6. The summed E-state index contributed by atoms with van der Waals surface area (Å²) in [6.45, 7) is 7.83. The Bertz CT molecular complexity index is 843. The lowest BCUT2D eigenvalue weighted by atomic mass is 9.65. The maximum Gasteiger partial charge on any atom is 0.325 e. The summed E-state index contributed by atoms with van der Waals surface area (Å²) in [6.07, 6.45) is 5.22. The van der Waals surface area contributed by atoms with Crippen molar-refractivity contribution in [3.05, 3.63) is 34.4 Å². The SMILES string of the molecule is CC1(C)C[C@H]2C[C@@](C)(CN2[C@@H](C(=O)O)c2c[nH]c3cc(Br)ccc23)C1. The van der Waals surface area contributed by atoms with E-state index < -0.39 is 12.0 Å². The van der Waals surface area contributed by atoms with Gasteiger partial charge in [-0.05, 0) is 42.2 Å². The fourth-order valence-corrected chi connectivity index (χ4v) is 5.97. The Hall–Kier alpha value is -1.33. The van der Waals surface area contributed by atoms with Gasteiger partial charge in [0.05, 0.1) is 0 Å². The highest BCUT2D eigenvalue weighted by Crippen LogP contribution is 2.54. The van der Waals surface area contributed by atoms with Crippen molar-refractivity contribution in [2.24, 2.45) is 10.8 Å². The minimum atomic E-state index is -0.752. The molecule has 3 atom stereocenters.